The van der Waals surface area contributed by atoms with Crippen molar-refractivity contribution >= 4 is 23.3 Å². The summed E-state index contributed by atoms with van der Waals surface area (Å²) in [5.41, 5.74) is -8.46. The summed E-state index contributed by atoms with van der Waals surface area (Å²) in [6.45, 7) is 10.7. The number of hydrogen-bond acceptors (Lipinski definition) is 9. The molecule has 0 spiro atoms. The Bertz CT molecular complexity index is 1510. The lowest BCUT2D eigenvalue weighted by Crippen LogP contribution is -2.46. The van der Waals surface area contributed by atoms with E-state index in [1.165, 1.54) is 39.0 Å². The number of halogens is 6. The van der Waals surface area contributed by atoms with Gasteiger partial charge in [0.05, 0.1) is 17.9 Å². The van der Waals surface area contributed by atoms with Crippen molar-refractivity contribution in [1.29, 1.82) is 0 Å². The van der Waals surface area contributed by atoms with Gasteiger partial charge in [-0.15, -0.1) is 10.2 Å². The fraction of sp³-hybridized carbons (Fsp3) is 0.448. The van der Waals surface area contributed by atoms with Crippen LogP contribution in [0.3, 0.4) is 0 Å². The molecule has 244 valence electrons. The number of nitrogens with zero attached hydrogens (tertiary/aromatic N) is 3. The summed E-state index contributed by atoms with van der Waals surface area (Å²) in [5, 5.41) is 9.14. The molecule has 0 fully saturated rings. The molecule has 1 unspecified atom stereocenters. The Balaban J connectivity index is 2.32. The van der Waals surface area contributed by atoms with E-state index in [0.717, 1.165) is 0 Å². The number of amides is 1. The normalized spacial score (nSPS) is 18.6. The highest BCUT2D eigenvalue weighted by Gasteiger charge is 2.61. The lowest BCUT2D eigenvalue weighted by Gasteiger charge is -2.32. The number of pyridine rings is 1. The van der Waals surface area contributed by atoms with E-state index in [9.17, 15) is 40.7 Å². The van der Waals surface area contributed by atoms with Gasteiger partial charge in [0.1, 0.15) is 17.1 Å². The first-order chi connectivity index (χ1) is 20.8. The molecular formula is C29H30F6N4O6. The fourth-order valence-corrected chi connectivity index (χ4v) is 4.22. The predicted octanol–water partition coefficient (Wildman–Crippen LogP) is 7.29. The molecule has 3 rings (SSSR count). The van der Waals surface area contributed by atoms with E-state index in [1.807, 2.05) is 0 Å². The molecule has 1 N–H and O–H groups in total. The smallest absolute Gasteiger partial charge is 0.426 e. The van der Waals surface area contributed by atoms with Gasteiger partial charge in [-0.3, -0.25) is 14.9 Å². The van der Waals surface area contributed by atoms with Gasteiger partial charge in [-0.25, -0.2) is 9.78 Å². The van der Waals surface area contributed by atoms with Crippen molar-refractivity contribution in [3.05, 3.63) is 60.2 Å². The third-order valence-electron chi connectivity index (χ3n) is 6.35. The SMILES string of the molecule is C=C/C=C(\C=C)COC1(C(F)(F)F)CCC(=O)CCCC(=O)c2nc(c(NC(=O)OC(C)(C)C)cc2C(F)(F)F)-c2nnc1o2. The minimum atomic E-state index is -5.26. The second-order valence-electron chi connectivity index (χ2n) is 10.9. The maximum Gasteiger partial charge on any atom is 0.426 e. The number of fused-ring (bicyclic) bond motifs is 5. The molecular weight excluding hydrogens is 614 g/mol. The zero-order chi connectivity index (χ0) is 33.8. The molecule has 45 heavy (non-hydrogen) atoms. The van der Waals surface area contributed by atoms with E-state index < -0.39 is 108 Å². The predicted molar refractivity (Wildman–Crippen MR) is 147 cm³/mol. The second-order valence-corrected chi connectivity index (χ2v) is 10.9. The standard InChI is InChI=1S/C29H30F6N4O6/c1-6-9-16(7-2)15-43-27(29(33,34)35)13-12-17(40)10-8-11-20(41)21-18(28(30,31)32)14-19(36-25(42)45-26(3,4)5)22(37-21)23-38-39-24(27)44-23/h6-7,9,14H,1-2,8,10-13,15H2,3-5H3,(H,36,42)/b16-9+. The maximum atomic E-state index is 14.9. The zero-order valence-electron chi connectivity index (χ0n) is 24.5. The first-order valence-corrected chi connectivity index (χ1v) is 13.5. The highest BCUT2D eigenvalue weighted by atomic mass is 19.4. The number of alkyl halides is 6. The van der Waals surface area contributed by atoms with Gasteiger partial charge in [-0.1, -0.05) is 31.4 Å². The first-order valence-electron chi connectivity index (χ1n) is 13.5. The number of anilines is 1. The highest BCUT2D eigenvalue weighted by molar-refractivity contribution is 5.98. The van der Waals surface area contributed by atoms with Gasteiger partial charge in [0.2, 0.25) is 5.60 Å². The molecule has 16 heteroatoms. The summed E-state index contributed by atoms with van der Waals surface area (Å²) in [6.07, 6.45) is -10.8. The van der Waals surface area contributed by atoms with Crippen molar-refractivity contribution in [1.82, 2.24) is 15.2 Å². The molecule has 0 aliphatic carbocycles. The van der Waals surface area contributed by atoms with Crippen LogP contribution >= 0.6 is 0 Å². The van der Waals surface area contributed by atoms with Crippen LogP contribution in [0.15, 0.2) is 47.4 Å². The summed E-state index contributed by atoms with van der Waals surface area (Å²) in [7, 11) is 0. The van der Waals surface area contributed by atoms with Crippen molar-refractivity contribution in [2.24, 2.45) is 0 Å². The number of carbonyl (C=O) groups is 3. The van der Waals surface area contributed by atoms with Crippen molar-refractivity contribution in [3.8, 4) is 11.6 Å². The topological polar surface area (TPSA) is 134 Å². The van der Waals surface area contributed by atoms with Crippen molar-refractivity contribution in [2.45, 2.75) is 76.4 Å². The molecule has 2 aromatic heterocycles. The summed E-state index contributed by atoms with van der Waals surface area (Å²) in [6, 6.07) is 0.365. The number of carbonyl (C=O) groups excluding carboxylic acids is 3. The number of Topliss-reactive ketones (excluding diaryl/α,β-unsaturated/α-hetero) is 2. The Morgan fingerprint density at radius 3 is 2.33 bits per heavy atom. The van der Waals surface area contributed by atoms with Gasteiger partial charge in [-0.05, 0) is 38.8 Å². The summed E-state index contributed by atoms with van der Waals surface area (Å²) in [5.74, 6) is -3.92. The average molecular weight is 645 g/mol. The molecule has 0 saturated carbocycles. The summed E-state index contributed by atoms with van der Waals surface area (Å²) in [4.78, 5) is 41.8. The van der Waals surface area contributed by atoms with Crippen molar-refractivity contribution in [3.63, 3.8) is 0 Å². The molecule has 0 radical (unpaired) electrons. The Hall–Kier alpha value is -4.34. The van der Waals surface area contributed by atoms with Crippen LogP contribution in [0.4, 0.5) is 36.8 Å². The van der Waals surface area contributed by atoms with Gasteiger partial charge in [-0.2, -0.15) is 26.3 Å². The lowest BCUT2D eigenvalue weighted by atomic mass is 9.93. The minimum absolute atomic E-state index is 0.176. The largest absolute Gasteiger partial charge is 0.444 e. The van der Waals surface area contributed by atoms with E-state index in [0.29, 0.717) is 6.07 Å². The van der Waals surface area contributed by atoms with Crippen molar-refractivity contribution < 1.29 is 54.6 Å². The molecule has 4 bridgehead atoms. The van der Waals surface area contributed by atoms with Crippen LogP contribution < -0.4 is 5.32 Å². The number of allylic oxidation sites excluding steroid dienone is 2. The van der Waals surface area contributed by atoms with E-state index in [4.69, 9.17) is 13.9 Å². The van der Waals surface area contributed by atoms with Crippen LogP contribution in [0.2, 0.25) is 0 Å². The van der Waals surface area contributed by atoms with Crippen LogP contribution in [0, 0.1) is 0 Å². The molecule has 0 saturated heterocycles. The van der Waals surface area contributed by atoms with Gasteiger partial charge in [0, 0.05) is 25.7 Å². The van der Waals surface area contributed by atoms with Gasteiger partial charge in [0.15, 0.2) is 11.5 Å². The number of nitrogens with one attached hydrogen (secondary N) is 1. The number of hydrogen-bond donors (Lipinski definition) is 1. The maximum absolute atomic E-state index is 14.9. The summed E-state index contributed by atoms with van der Waals surface area (Å²) >= 11 is 0. The molecule has 1 aliphatic rings. The quantitative estimate of drug-likeness (QED) is 0.254. The molecule has 1 atom stereocenters. The second kappa shape index (κ2) is 13.3. The number of aromatic nitrogens is 3. The van der Waals surface area contributed by atoms with E-state index in [1.54, 1.807) is 0 Å². The Morgan fingerprint density at radius 2 is 1.76 bits per heavy atom. The first kappa shape index (κ1) is 35.1. The number of rotatable bonds is 6. The van der Waals surface area contributed by atoms with Gasteiger partial charge < -0.3 is 13.9 Å². The summed E-state index contributed by atoms with van der Waals surface area (Å²) < 4.78 is 103. The van der Waals surface area contributed by atoms with Crippen LogP contribution in [-0.2, 0) is 26.0 Å². The van der Waals surface area contributed by atoms with Crippen LogP contribution in [0.25, 0.3) is 11.6 Å². The monoisotopic (exact) mass is 644 g/mol. The molecule has 2 aromatic rings. The minimum Gasteiger partial charge on any atom is -0.444 e. The Kier molecular flexibility index (Phi) is 10.4. The third-order valence-corrected chi connectivity index (χ3v) is 6.35. The fourth-order valence-electron chi connectivity index (χ4n) is 4.22. The molecule has 1 amide bonds. The molecule has 10 nitrogen and oxygen atoms in total. The lowest BCUT2D eigenvalue weighted by molar-refractivity contribution is -0.292. The zero-order valence-corrected chi connectivity index (χ0v) is 24.5. The Labute approximate surface area is 253 Å². The number of ether oxygens (including phenoxy) is 2. The van der Waals surface area contributed by atoms with Crippen LogP contribution in [-0.4, -0.2) is 51.2 Å². The van der Waals surface area contributed by atoms with E-state index >= 15 is 0 Å². The third kappa shape index (κ3) is 8.44. The molecule has 1 aliphatic heterocycles. The number of ketones is 2. The average Bonchev–Trinajstić information content (AvgIpc) is 3.39. The van der Waals surface area contributed by atoms with Crippen molar-refractivity contribution in [2.75, 3.05) is 11.9 Å². The van der Waals surface area contributed by atoms with E-state index in [-0.39, 0.29) is 12.0 Å². The van der Waals surface area contributed by atoms with E-state index in [2.05, 4.69) is 33.7 Å². The van der Waals surface area contributed by atoms with Gasteiger partial charge in [0.25, 0.3) is 11.8 Å². The Morgan fingerprint density at radius 1 is 1.07 bits per heavy atom. The van der Waals surface area contributed by atoms with Crippen LogP contribution in [0.5, 0.6) is 0 Å². The van der Waals surface area contributed by atoms with Crippen LogP contribution in [0.1, 0.15) is 74.8 Å². The molecule has 0 aromatic carbocycles. The highest BCUT2D eigenvalue weighted by Crippen LogP contribution is 2.47. The van der Waals surface area contributed by atoms with Gasteiger partial charge >= 0.3 is 18.4 Å². The molecule has 3 heterocycles.